The minimum Gasteiger partial charge on any atom is -0.338 e. The zero-order chi connectivity index (χ0) is 12.7. The highest BCUT2D eigenvalue weighted by Gasteiger charge is 2.30. The first kappa shape index (κ1) is 11.7. The Kier molecular flexibility index (Phi) is 2.86. The molecule has 18 heavy (non-hydrogen) atoms. The minimum atomic E-state index is 0.195. The van der Waals surface area contributed by atoms with Crippen LogP contribution in [0.15, 0.2) is 18.2 Å². The summed E-state index contributed by atoms with van der Waals surface area (Å²) in [6.45, 7) is 8.07. The molecule has 0 bridgehead atoms. The van der Waals surface area contributed by atoms with Crippen LogP contribution < -0.4 is 5.32 Å². The molecule has 0 saturated carbocycles. The van der Waals surface area contributed by atoms with Gasteiger partial charge in [-0.3, -0.25) is 4.79 Å². The van der Waals surface area contributed by atoms with Gasteiger partial charge in [0.2, 0.25) is 0 Å². The van der Waals surface area contributed by atoms with Crippen molar-refractivity contribution in [3.05, 3.63) is 34.9 Å². The van der Waals surface area contributed by atoms with Gasteiger partial charge in [0.1, 0.15) is 0 Å². The summed E-state index contributed by atoms with van der Waals surface area (Å²) in [7, 11) is 0. The summed E-state index contributed by atoms with van der Waals surface area (Å²) in [6.07, 6.45) is 0. The molecule has 2 unspecified atom stereocenters. The van der Waals surface area contributed by atoms with E-state index in [1.54, 1.807) is 0 Å². The lowest BCUT2D eigenvalue weighted by molar-refractivity contribution is 0.0785. The molecule has 0 aliphatic carbocycles. The van der Waals surface area contributed by atoms with E-state index in [2.05, 4.69) is 31.3 Å². The van der Waals surface area contributed by atoms with Crippen molar-refractivity contribution in [2.24, 2.45) is 11.8 Å². The molecular formula is C15H20N2O. The predicted molar refractivity (Wildman–Crippen MR) is 71.2 cm³/mol. The molecule has 2 aliphatic rings. The maximum Gasteiger partial charge on any atom is 0.253 e. The van der Waals surface area contributed by atoms with Crippen LogP contribution in [-0.4, -0.2) is 23.9 Å². The summed E-state index contributed by atoms with van der Waals surface area (Å²) in [5, 5.41) is 3.31. The Hall–Kier alpha value is -1.35. The number of nitrogens with one attached hydrogen (secondary N) is 1. The summed E-state index contributed by atoms with van der Waals surface area (Å²) in [4.78, 5) is 14.4. The van der Waals surface area contributed by atoms with Crippen LogP contribution in [0.1, 0.15) is 35.3 Å². The third-order valence-corrected chi connectivity index (χ3v) is 4.36. The average Bonchev–Trinajstić information content (AvgIpc) is 2.95. The van der Waals surface area contributed by atoms with Gasteiger partial charge in [-0.2, -0.15) is 0 Å². The third-order valence-electron chi connectivity index (χ3n) is 4.36. The van der Waals surface area contributed by atoms with E-state index in [0.29, 0.717) is 11.8 Å². The second kappa shape index (κ2) is 4.39. The molecule has 2 heterocycles. The Morgan fingerprint density at radius 1 is 1.17 bits per heavy atom. The van der Waals surface area contributed by atoms with Crippen molar-refractivity contribution in [1.29, 1.82) is 0 Å². The largest absolute Gasteiger partial charge is 0.338 e. The Labute approximate surface area is 108 Å². The van der Waals surface area contributed by atoms with Crippen molar-refractivity contribution in [2.45, 2.75) is 26.9 Å². The molecule has 0 aromatic heterocycles. The van der Waals surface area contributed by atoms with Crippen LogP contribution in [-0.2, 0) is 13.1 Å². The van der Waals surface area contributed by atoms with Gasteiger partial charge in [-0.05, 0) is 35.1 Å². The van der Waals surface area contributed by atoms with Gasteiger partial charge in [-0.1, -0.05) is 19.9 Å². The van der Waals surface area contributed by atoms with Gasteiger partial charge in [-0.25, -0.2) is 0 Å². The van der Waals surface area contributed by atoms with Gasteiger partial charge >= 0.3 is 0 Å². The summed E-state index contributed by atoms with van der Waals surface area (Å²) < 4.78 is 0. The summed E-state index contributed by atoms with van der Waals surface area (Å²) in [5.74, 6) is 1.43. The zero-order valence-electron chi connectivity index (χ0n) is 11.1. The smallest absolute Gasteiger partial charge is 0.253 e. The highest BCUT2D eigenvalue weighted by Crippen LogP contribution is 2.25. The molecule has 96 valence electrons. The quantitative estimate of drug-likeness (QED) is 0.819. The number of rotatable bonds is 1. The van der Waals surface area contributed by atoms with Crippen molar-refractivity contribution in [3.8, 4) is 0 Å². The van der Waals surface area contributed by atoms with Crippen molar-refractivity contribution < 1.29 is 4.79 Å². The second-order valence-electron chi connectivity index (χ2n) is 5.75. The van der Waals surface area contributed by atoms with Crippen molar-refractivity contribution in [1.82, 2.24) is 10.2 Å². The highest BCUT2D eigenvalue weighted by molar-refractivity contribution is 5.94. The molecule has 1 fully saturated rings. The van der Waals surface area contributed by atoms with Gasteiger partial charge in [-0.15, -0.1) is 0 Å². The molecule has 0 spiro atoms. The fraction of sp³-hybridized carbons (Fsp3) is 0.533. The van der Waals surface area contributed by atoms with Crippen LogP contribution in [0.4, 0.5) is 0 Å². The number of hydrogen-bond donors (Lipinski definition) is 1. The number of hydrogen-bond acceptors (Lipinski definition) is 2. The van der Waals surface area contributed by atoms with Gasteiger partial charge in [0.05, 0.1) is 0 Å². The molecule has 3 nitrogen and oxygen atoms in total. The van der Waals surface area contributed by atoms with E-state index in [4.69, 9.17) is 0 Å². The van der Waals surface area contributed by atoms with E-state index >= 15 is 0 Å². The van der Waals surface area contributed by atoms with Crippen molar-refractivity contribution >= 4 is 5.91 Å². The molecule has 2 atom stereocenters. The Bertz CT molecular complexity index is 473. The first-order chi connectivity index (χ1) is 8.65. The van der Waals surface area contributed by atoms with E-state index in [1.165, 1.54) is 11.1 Å². The summed E-state index contributed by atoms with van der Waals surface area (Å²) in [6, 6.07) is 6.12. The van der Waals surface area contributed by atoms with Crippen molar-refractivity contribution in [2.75, 3.05) is 13.1 Å². The van der Waals surface area contributed by atoms with Crippen LogP contribution in [0.3, 0.4) is 0 Å². The average molecular weight is 244 g/mol. The fourth-order valence-electron chi connectivity index (χ4n) is 2.91. The maximum absolute atomic E-state index is 12.4. The molecule has 1 aromatic rings. The first-order valence-corrected chi connectivity index (χ1v) is 6.77. The fourth-order valence-corrected chi connectivity index (χ4v) is 2.91. The Morgan fingerprint density at radius 3 is 2.56 bits per heavy atom. The monoisotopic (exact) mass is 244 g/mol. The molecule has 1 saturated heterocycles. The molecular weight excluding hydrogens is 224 g/mol. The molecule has 1 aromatic carbocycles. The van der Waals surface area contributed by atoms with Gasteiger partial charge in [0.15, 0.2) is 0 Å². The number of benzene rings is 1. The molecule has 2 aliphatic heterocycles. The van der Waals surface area contributed by atoms with Crippen LogP contribution in [0.5, 0.6) is 0 Å². The van der Waals surface area contributed by atoms with Gasteiger partial charge in [0.25, 0.3) is 5.91 Å². The van der Waals surface area contributed by atoms with E-state index < -0.39 is 0 Å². The Morgan fingerprint density at radius 2 is 1.83 bits per heavy atom. The number of likely N-dealkylation sites (tertiary alicyclic amines) is 1. The second-order valence-corrected chi connectivity index (χ2v) is 5.75. The standard InChI is InChI=1S/C15H20N2O/c1-10-8-17(9-11(10)2)15(18)12-3-4-13-6-16-7-14(13)5-12/h3-5,10-11,16H,6-9H2,1-2H3. The van der Waals surface area contributed by atoms with E-state index in [0.717, 1.165) is 31.7 Å². The van der Waals surface area contributed by atoms with Crippen LogP contribution >= 0.6 is 0 Å². The van der Waals surface area contributed by atoms with Crippen molar-refractivity contribution in [3.63, 3.8) is 0 Å². The SMILES string of the molecule is CC1CN(C(=O)c2ccc3c(c2)CNC3)CC1C. The molecule has 3 rings (SSSR count). The van der Waals surface area contributed by atoms with E-state index in [-0.39, 0.29) is 5.91 Å². The van der Waals surface area contributed by atoms with E-state index in [9.17, 15) is 4.79 Å². The first-order valence-electron chi connectivity index (χ1n) is 6.77. The van der Waals surface area contributed by atoms with Crippen LogP contribution in [0.25, 0.3) is 0 Å². The van der Waals surface area contributed by atoms with Gasteiger partial charge in [0, 0.05) is 31.7 Å². The van der Waals surface area contributed by atoms with Gasteiger partial charge < -0.3 is 10.2 Å². The van der Waals surface area contributed by atoms with Crippen LogP contribution in [0, 0.1) is 11.8 Å². The molecule has 1 amide bonds. The van der Waals surface area contributed by atoms with Crippen LogP contribution in [0.2, 0.25) is 0 Å². The summed E-state index contributed by atoms with van der Waals surface area (Å²) in [5.41, 5.74) is 3.45. The highest BCUT2D eigenvalue weighted by atomic mass is 16.2. The molecule has 0 radical (unpaired) electrons. The predicted octanol–water partition coefficient (Wildman–Crippen LogP) is 2.02. The maximum atomic E-state index is 12.4. The third kappa shape index (κ3) is 1.93. The summed E-state index contributed by atoms with van der Waals surface area (Å²) >= 11 is 0. The number of carbonyl (C=O) groups excluding carboxylic acids is 1. The minimum absolute atomic E-state index is 0.195. The lowest BCUT2D eigenvalue weighted by atomic mass is 10.0. The number of carbonyl (C=O) groups is 1. The zero-order valence-corrected chi connectivity index (χ0v) is 11.1. The van der Waals surface area contributed by atoms with E-state index in [1.807, 2.05) is 11.0 Å². The topological polar surface area (TPSA) is 32.3 Å². The lowest BCUT2D eigenvalue weighted by Crippen LogP contribution is -2.28. The normalized spacial score (nSPS) is 26.4. The number of nitrogens with zero attached hydrogens (tertiary/aromatic N) is 1. The molecule has 1 N–H and O–H groups in total. The number of fused-ring (bicyclic) bond motifs is 1. The Balaban J connectivity index is 1.81. The number of amides is 1. The molecule has 3 heteroatoms. The lowest BCUT2D eigenvalue weighted by Gasteiger charge is -2.16.